The molecule has 1 aliphatic rings. The van der Waals surface area contributed by atoms with Crippen LogP contribution in [0.25, 0.3) is 0 Å². The first-order valence-electron chi connectivity index (χ1n) is 6.90. The van der Waals surface area contributed by atoms with Crippen molar-refractivity contribution in [3.63, 3.8) is 0 Å². The highest BCUT2D eigenvalue weighted by atomic mass is 79.9. The second kappa shape index (κ2) is 5.92. The molecule has 0 aromatic heterocycles. The molecule has 3 rings (SSSR count). The van der Waals surface area contributed by atoms with Crippen LogP contribution in [0.2, 0.25) is 0 Å². The van der Waals surface area contributed by atoms with Crippen molar-refractivity contribution in [1.29, 1.82) is 0 Å². The molecule has 0 aliphatic heterocycles. The molecule has 0 spiro atoms. The second-order valence-electron chi connectivity index (χ2n) is 5.24. The van der Waals surface area contributed by atoms with Crippen LogP contribution in [0.1, 0.15) is 36.1 Å². The minimum atomic E-state index is -0.454. The van der Waals surface area contributed by atoms with E-state index in [1.807, 2.05) is 19.1 Å². The Morgan fingerprint density at radius 2 is 1.90 bits per heavy atom. The maximum Gasteiger partial charge on any atom is 0.0773 e. The van der Waals surface area contributed by atoms with E-state index < -0.39 is 6.10 Å². The Kier molecular flexibility index (Phi) is 4.20. The smallest absolute Gasteiger partial charge is 0.0773 e. The van der Waals surface area contributed by atoms with E-state index in [0.29, 0.717) is 0 Å². The van der Waals surface area contributed by atoms with Crippen molar-refractivity contribution in [1.82, 2.24) is 0 Å². The monoisotopic (exact) mass is 348 g/mol. The number of rotatable bonds is 3. The van der Waals surface area contributed by atoms with Crippen molar-refractivity contribution in [2.75, 3.05) is 0 Å². The highest BCUT2D eigenvalue weighted by molar-refractivity contribution is 9.10. The van der Waals surface area contributed by atoms with Gasteiger partial charge in [-0.3, -0.25) is 0 Å². The fourth-order valence-electron chi connectivity index (χ4n) is 2.68. The summed E-state index contributed by atoms with van der Waals surface area (Å²) in [6.07, 6.45) is 3.25. The molecule has 0 saturated carbocycles. The topological polar surface area (TPSA) is 20.2 Å². The quantitative estimate of drug-likeness (QED) is 0.828. The maximum absolute atomic E-state index is 9.93. The van der Waals surface area contributed by atoms with E-state index in [2.05, 4.69) is 40.2 Å². The van der Waals surface area contributed by atoms with Crippen LogP contribution in [0.15, 0.2) is 50.7 Å². The molecule has 0 fully saturated rings. The summed E-state index contributed by atoms with van der Waals surface area (Å²) in [4.78, 5) is 2.39. The van der Waals surface area contributed by atoms with Gasteiger partial charge in [0.2, 0.25) is 0 Å². The van der Waals surface area contributed by atoms with Gasteiger partial charge in [0, 0.05) is 14.3 Å². The van der Waals surface area contributed by atoms with Crippen molar-refractivity contribution < 1.29 is 5.11 Å². The molecular weight excluding hydrogens is 332 g/mol. The zero-order chi connectivity index (χ0) is 14.1. The Balaban J connectivity index is 1.91. The molecule has 1 atom stereocenters. The molecule has 3 heteroatoms. The zero-order valence-corrected chi connectivity index (χ0v) is 13.8. The molecule has 1 nitrogen and oxygen atoms in total. The third kappa shape index (κ3) is 2.95. The summed E-state index contributed by atoms with van der Waals surface area (Å²) < 4.78 is 1.01. The van der Waals surface area contributed by atoms with Gasteiger partial charge in [-0.1, -0.05) is 33.8 Å². The summed E-state index contributed by atoms with van der Waals surface area (Å²) in [5.74, 6) is 0. The molecule has 0 heterocycles. The van der Waals surface area contributed by atoms with Gasteiger partial charge in [0.1, 0.15) is 0 Å². The molecule has 1 N–H and O–H groups in total. The van der Waals surface area contributed by atoms with Gasteiger partial charge >= 0.3 is 0 Å². The SMILES string of the molecule is CC(O)c1cc(Br)ccc1Sc1ccc2c(c1)CCC2. The first kappa shape index (κ1) is 14.2. The van der Waals surface area contributed by atoms with Crippen LogP contribution in [0.5, 0.6) is 0 Å². The van der Waals surface area contributed by atoms with Crippen molar-refractivity contribution in [3.8, 4) is 0 Å². The van der Waals surface area contributed by atoms with Gasteiger partial charge in [-0.15, -0.1) is 0 Å². The summed E-state index contributed by atoms with van der Waals surface area (Å²) in [5, 5.41) is 9.93. The molecule has 2 aromatic rings. The third-order valence-corrected chi connectivity index (χ3v) is 5.29. The Hall–Kier alpha value is -0.770. The molecular formula is C17H17BrOS. The number of fused-ring (bicyclic) bond motifs is 1. The number of aliphatic hydroxyl groups excluding tert-OH is 1. The van der Waals surface area contributed by atoms with Crippen LogP contribution in [-0.4, -0.2) is 5.11 Å². The average molecular weight is 349 g/mol. The Bertz CT molecular complexity index is 637. The molecule has 1 unspecified atom stereocenters. The molecule has 2 aromatic carbocycles. The van der Waals surface area contributed by atoms with E-state index in [4.69, 9.17) is 0 Å². The van der Waals surface area contributed by atoms with E-state index >= 15 is 0 Å². The first-order chi connectivity index (χ1) is 9.63. The summed E-state index contributed by atoms with van der Waals surface area (Å²) in [5.41, 5.74) is 3.97. The van der Waals surface area contributed by atoms with Gasteiger partial charge in [-0.2, -0.15) is 0 Å². The lowest BCUT2D eigenvalue weighted by molar-refractivity contribution is 0.196. The maximum atomic E-state index is 9.93. The zero-order valence-electron chi connectivity index (χ0n) is 11.4. The van der Waals surface area contributed by atoms with Gasteiger partial charge in [0.25, 0.3) is 0 Å². The van der Waals surface area contributed by atoms with Crippen molar-refractivity contribution >= 4 is 27.7 Å². The molecule has 0 radical (unpaired) electrons. The lowest BCUT2D eigenvalue weighted by Gasteiger charge is -2.13. The van der Waals surface area contributed by atoms with Crippen molar-refractivity contribution in [2.45, 2.75) is 42.1 Å². The minimum absolute atomic E-state index is 0.454. The van der Waals surface area contributed by atoms with Gasteiger partial charge in [-0.05, 0) is 73.2 Å². The highest BCUT2D eigenvalue weighted by Crippen LogP contribution is 2.36. The van der Waals surface area contributed by atoms with Crippen LogP contribution in [0, 0.1) is 0 Å². The Morgan fingerprint density at radius 1 is 1.10 bits per heavy atom. The van der Waals surface area contributed by atoms with Crippen LogP contribution in [-0.2, 0) is 12.8 Å². The summed E-state index contributed by atoms with van der Waals surface area (Å²) in [7, 11) is 0. The first-order valence-corrected chi connectivity index (χ1v) is 8.51. The molecule has 104 valence electrons. The van der Waals surface area contributed by atoms with Gasteiger partial charge < -0.3 is 5.11 Å². The minimum Gasteiger partial charge on any atom is -0.389 e. The number of benzene rings is 2. The largest absolute Gasteiger partial charge is 0.389 e. The van der Waals surface area contributed by atoms with Gasteiger partial charge in [0.05, 0.1) is 6.10 Å². The average Bonchev–Trinajstić information content (AvgIpc) is 2.88. The fourth-order valence-corrected chi connectivity index (χ4v) is 4.13. The Morgan fingerprint density at radius 3 is 2.70 bits per heavy atom. The molecule has 20 heavy (non-hydrogen) atoms. The summed E-state index contributed by atoms with van der Waals surface area (Å²) in [6.45, 7) is 1.81. The van der Waals surface area contributed by atoms with Crippen LogP contribution in [0.3, 0.4) is 0 Å². The van der Waals surface area contributed by atoms with Crippen molar-refractivity contribution in [3.05, 3.63) is 57.6 Å². The summed E-state index contributed by atoms with van der Waals surface area (Å²) in [6, 6.07) is 12.9. The van der Waals surface area contributed by atoms with E-state index in [1.165, 1.54) is 35.3 Å². The molecule has 0 amide bonds. The number of hydrogen-bond acceptors (Lipinski definition) is 2. The predicted molar refractivity (Wildman–Crippen MR) is 87.4 cm³/mol. The molecule has 1 aliphatic carbocycles. The third-order valence-electron chi connectivity index (χ3n) is 3.72. The van der Waals surface area contributed by atoms with Gasteiger partial charge in [0.15, 0.2) is 0 Å². The van der Waals surface area contributed by atoms with Crippen LogP contribution >= 0.6 is 27.7 Å². The Labute approximate surface area is 132 Å². The molecule has 0 bridgehead atoms. The number of aliphatic hydroxyl groups is 1. The number of hydrogen-bond donors (Lipinski definition) is 1. The standard InChI is InChI=1S/C17H17BrOS/c1-11(19)16-10-14(18)6-8-17(16)20-15-7-5-12-3-2-4-13(12)9-15/h5-11,19H,2-4H2,1H3. The normalized spacial score (nSPS) is 15.2. The summed E-state index contributed by atoms with van der Waals surface area (Å²) >= 11 is 5.21. The fraction of sp³-hybridized carbons (Fsp3) is 0.294. The predicted octanol–water partition coefficient (Wildman–Crippen LogP) is 5.14. The second-order valence-corrected chi connectivity index (χ2v) is 7.28. The van der Waals surface area contributed by atoms with Crippen LogP contribution in [0.4, 0.5) is 0 Å². The van der Waals surface area contributed by atoms with Crippen LogP contribution < -0.4 is 0 Å². The van der Waals surface area contributed by atoms with E-state index in [9.17, 15) is 5.11 Å². The van der Waals surface area contributed by atoms with Gasteiger partial charge in [-0.25, -0.2) is 0 Å². The lowest BCUT2D eigenvalue weighted by atomic mass is 10.1. The van der Waals surface area contributed by atoms with E-state index in [-0.39, 0.29) is 0 Å². The number of aryl methyl sites for hydroxylation is 2. The lowest BCUT2D eigenvalue weighted by Crippen LogP contribution is -1.94. The highest BCUT2D eigenvalue weighted by Gasteiger charge is 2.13. The van der Waals surface area contributed by atoms with E-state index in [1.54, 1.807) is 11.8 Å². The van der Waals surface area contributed by atoms with Crippen molar-refractivity contribution in [2.24, 2.45) is 0 Å². The molecule has 0 saturated heterocycles. The number of halogens is 1. The van der Waals surface area contributed by atoms with E-state index in [0.717, 1.165) is 14.9 Å².